The molecular formula is C16H19ClN2O. The lowest BCUT2D eigenvalue weighted by Crippen LogP contribution is -2.19. The van der Waals surface area contributed by atoms with Gasteiger partial charge in [0, 0.05) is 22.0 Å². The first-order chi connectivity index (χ1) is 9.55. The van der Waals surface area contributed by atoms with Crippen molar-refractivity contribution in [3.05, 3.63) is 57.9 Å². The van der Waals surface area contributed by atoms with Crippen LogP contribution in [0.4, 0.5) is 0 Å². The molecule has 0 spiro atoms. The van der Waals surface area contributed by atoms with Gasteiger partial charge in [0.05, 0.1) is 13.2 Å². The van der Waals surface area contributed by atoms with Gasteiger partial charge in [-0.15, -0.1) is 0 Å². The van der Waals surface area contributed by atoms with Crippen LogP contribution in [0.3, 0.4) is 0 Å². The SMILES string of the molecule is CNC(c1cc(C)nc(C)c1)c1cc(Cl)ccc1OC. The summed E-state index contributed by atoms with van der Waals surface area (Å²) in [5, 5.41) is 4.02. The largest absolute Gasteiger partial charge is 0.496 e. The van der Waals surface area contributed by atoms with E-state index in [1.165, 1.54) is 0 Å². The van der Waals surface area contributed by atoms with Crippen molar-refractivity contribution in [1.82, 2.24) is 10.3 Å². The van der Waals surface area contributed by atoms with Crippen LogP contribution in [0, 0.1) is 13.8 Å². The van der Waals surface area contributed by atoms with Crippen LogP contribution in [-0.2, 0) is 0 Å². The molecule has 106 valence electrons. The molecule has 0 radical (unpaired) electrons. The maximum absolute atomic E-state index is 6.13. The first-order valence-electron chi connectivity index (χ1n) is 6.51. The number of hydrogen-bond acceptors (Lipinski definition) is 3. The number of benzene rings is 1. The van der Waals surface area contributed by atoms with E-state index in [9.17, 15) is 0 Å². The summed E-state index contributed by atoms with van der Waals surface area (Å²) in [6, 6.07) is 9.84. The van der Waals surface area contributed by atoms with Crippen molar-refractivity contribution in [3.8, 4) is 5.75 Å². The Morgan fingerprint density at radius 2 is 1.80 bits per heavy atom. The smallest absolute Gasteiger partial charge is 0.124 e. The first-order valence-corrected chi connectivity index (χ1v) is 6.89. The second kappa shape index (κ2) is 6.25. The van der Waals surface area contributed by atoms with Crippen LogP contribution in [0.25, 0.3) is 0 Å². The van der Waals surface area contributed by atoms with Crippen molar-refractivity contribution in [2.75, 3.05) is 14.2 Å². The number of pyridine rings is 1. The van der Waals surface area contributed by atoms with E-state index in [0.29, 0.717) is 5.02 Å². The topological polar surface area (TPSA) is 34.2 Å². The molecule has 2 aromatic rings. The Labute approximate surface area is 124 Å². The fourth-order valence-corrected chi connectivity index (χ4v) is 2.65. The number of hydrogen-bond donors (Lipinski definition) is 1. The average molecular weight is 291 g/mol. The summed E-state index contributed by atoms with van der Waals surface area (Å²) in [6.07, 6.45) is 0. The molecule has 0 aliphatic heterocycles. The van der Waals surface area contributed by atoms with Crippen LogP contribution in [0.15, 0.2) is 30.3 Å². The van der Waals surface area contributed by atoms with Crippen LogP contribution >= 0.6 is 11.6 Å². The van der Waals surface area contributed by atoms with E-state index >= 15 is 0 Å². The summed E-state index contributed by atoms with van der Waals surface area (Å²) in [4.78, 5) is 4.42. The lowest BCUT2D eigenvalue weighted by Gasteiger charge is -2.21. The van der Waals surface area contributed by atoms with Crippen LogP contribution in [0.5, 0.6) is 5.75 Å². The van der Waals surface area contributed by atoms with Gasteiger partial charge in [0.1, 0.15) is 5.75 Å². The molecule has 0 aliphatic carbocycles. The fourth-order valence-electron chi connectivity index (χ4n) is 2.47. The molecule has 0 saturated heterocycles. The van der Waals surface area contributed by atoms with E-state index in [4.69, 9.17) is 16.3 Å². The predicted octanol–water partition coefficient (Wildman–Crippen LogP) is 3.67. The lowest BCUT2D eigenvalue weighted by molar-refractivity contribution is 0.405. The molecule has 3 nitrogen and oxygen atoms in total. The number of methoxy groups -OCH3 is 1. The summed E-state index contributed by atoms with van der Waals surface area (Å²) in [5.41, 5.74) is 4.17. The molecule has 0 saturated carbocycles. The molecule has 0 fully saturated rings. The number of nitrogens with zero attached hydrogens (tertiary/aromatic N) is 1. The Balaban J connectivity index is 2.54. The highest BCUT2D eigenvalue weighted by atomic mass is 35.5. The molecule has 1 N–H and O–H groups in total. The molecule has 1 atom stereocenters. The van der Waals surface area contributed by atoms with Crippen LogP contribution in [-0.4, -0.2) is 19.1 Å². The minimum absolute atomic E-state index is 0.0176. The monoisotopic (exact) mass is 290 g/mol. The summed E-state index contributed by atoms with van der Waals surface area (Å²) >= 11 is 6.13. The lowest BCUT2D eigenvalue weighted by atomic mass is 9.97. The average Bonchev–Trinajstić information content (AvgIpc) is 2.39. The predicted molar refractivity (Wildman–Crippen MR) is 82.6 cm³/mol. The highest BCUT2D eigenvalue weighted by Crippen LogP contribution is 2.32. The Morgan fingerprint density at radius 3 is 2.35 bits per heavy atom. The molecule has 1 aromatic heterocycles. The molecule has 20 heavy (non-hydrogen) atoms. The van der Waals surface area contributed by atoms with Gasteiger partial charge in [-0.05, 0) is 56.8 Å². The maximum Gasteiger partial charge on any atom is 0.124 e. The van der Waals surface area contributed by atoms with Crippen LogP contribution in [0.2, 0.25) is 5.02 Å². The minimum atomic E-state index is 0.0176. The van der Waals surface area contributed by atoms with Crippen molar-refractivity contribution in [2.45, 2.75) is 19.9 Å². The zero-order chi connectivity index (χ0) is 14.7. The van der Waals surface area contributed by atoms with Gasteiger partial charge >= 0.3 is 0 Å². The van der Waals surface area contributed by atoms with Crippen LogP contribution < -0.4 is 10.1 Å². The highest BCUT2D eigenvalue weighted by molar-refractivity contribution is 6.30. The molecule has 0 bridgehead atoms. The normalized spacial score (nSPS) is 12.2. The van der Waals surface area contributed by atoms with E-state index in [1.807, 2.05) is 39.1 Å². The number of nitrogens with one attached hydrogen (secondary N) is 1. The van der Waals surface area contributed by atoms with E-state index < -0.39 is 0 Å². The molecule has 1 heterocycles. The van der Waals surface area contributed by atoms with Gasteiger partial charge in [-0.2, -0.15) is 0 Å². The minimum Gasteiger partial charge on any atom is -0.496 e. The Morgan fingerprint density at radius 1 is 1.15 bits per heavy atom. The van der Waals surface area contributed by atoms with E-state index in [-0.39, 0.29) is 6.04 Å². The molecular weight excluding hydrogens is 272 g/mol. The molecule has 1 aromatic carbocycles. The van der Waals surface area contributed by atoms with Crippen molar-refractivity contribution in [3.63, 3.8) is 0 Å². The third-order valence-electron chi connectivity index (χ3n) is 3.23. The highest BCUT2D eigenvalue weighted by Gasteiger charge is 2.18. The zero-order valence-electron chi connectivity index (χ0n) is 12.2. The third-order valence-corrected chi connectivity index (χ3v) is 3.46. The number of halogens is 1. The maximum atomic E-state index is 6.13. The van der Waals surface area contributed by atoms with Gasteiger partial charge in [0.2, 0.25) is 0 Å². The van der Waals surface area contributed by atoms with Gasteiger partial charge in [-0.25, -0.2) is 0 Å². The molecule has 4 heteroatoms. The summed E-state index contributed by atoms with van der Waals surface area (Å²) < 4.78 is 5.45. The van der Waals surface area contributed by atoms with Gasteiger partial charge < -0.3 is 10.1 Å². The third kappa shape index (κ3) is 3.11. The number of rotatable bonds is 4. The fraction of sp³-hybridized carbons (Fsp3) is 0.312. The quantitative estimate of drug-likeness (QED) is 0.933. The molecule has 0 aliphatic rings. The number of aryl methyl sites for hydroxylation is 2. The van der Waals surface area contributed by atoms with E-state index in [2.05, 4.69) is 22.4 Å². The summed E-state index contributed by atoms with van der Waals surface area (Å²) in [7, 11) is 3.60. The number of aromatic nitrogens is 1. The summed E-state index contributed by atoms with van der Waals surface area (Å²) in [5.74, 6) is 0.820. The van der Waals surface area contributed by atoms with Crippen LogP contribution in [0.1, 0.15) is 28.6 Å². The van der Waals surface area contributed by atoms with Gasteiger partial charge in [-0.3, -0.25) is 4.98 Å². The van der Waals surface area contributed by atoms with Crippen molar-refractivity contribution < 1.29 is 4.74 Å². The molecule has 2 rings (SSSR count). The van der Waals surface area contributed by atoms with Gasteiger partial charge in [0.15, 0.2) is 0 Å². The van der Waals surface area contributed by atoms with Gasteiger partial charge in [0.25, 0.3) is 0 Å². The number of ether oxygens (including phenoxy) is 1. The van der Waals surface area contributed by atoms with Crippen molar-refractivity contribution in [2.24, 2.45) is 0 Å². The molecule has 0 amide bonds. The van der Waals surface area contributed by atoms with E-state index in [0.717, 1.165) is 28.3 Å². The van der Waals surface area contributed by atoms with Gasteiger partial charge in [-0.1, -0.05) is 11.6 Å². The van der Waals surface area contributed by atoms with Crippen molar-refractivity contribution >= 4 is 11.6 Å². The molecule has 1 unspecified atom stereocenters. The van der Waals surface area contributed by atoms with Crippen molar-refractivity contribution in [1.29, 1.82) is 0 Å². The Kier molecular flexibility index (Phi) is 4.63. The Bertz CT molecular complexity index is 593. The first kappa shape index (κ1) is 14.8. The second-order valence-electron chi connectivity index (χ2n) is 4.79. The standard InChI is InChI=1S/C16H19ClN2O/c1-10-7-12(8-11(2)19-10)16(18-3)14-9-13(17)5-6-15(14)20-4/h5-9,16,18H,1-4H3. The Hall–Kier alpha value is -1.58. The second-order valence-corrected chi connectivity index (χ2v) is 5.23. The zero-order valence-corrected chi connectivity index (χ0v) is 13.0. The summed E-state index contributed by atoms with van der Waals surface area (Å²) in [6.45, 7) is 4.00. The van der Waals surface area contributed by atoms with E-state index in [1.54, 1.807) is 7.11 Å².